The van der Waals surface area contributed by atoms with Gasteiger partial charge >= 0.3 is 0 Å². The first kappa shape index (κ1) is 12.4. The molecule has 1 N–H and O–H groups in total. The molecule has 1 saturated carbocycles. The van der Waals surface area contributed by atoms with Crippen molar-refractivity contribution >= 4 is 11.8 Å². The lowest BCUT2D eigenvalue weighted by atomic mass is 10.1. The van der Waals surface area contributed by atoms with Gasteiger partial charge in [0, 0.05) is 11.3 Å². The molecule has 0 saturated heterocycles. The van der Waals surface area contributed by atoms with E-state index in [2.05, 4.69) is 31.1 Å². The minimum atomic E-state index is 0.700. The van der Waals surface area contributed by atoms with Gasteiger partial charge in [0.15, 0.2) is 0 Å². The molecule has 1 unspecified atom stereocenters. The zero-order valence-corrected chi connectivity index (χ0v) is 10.5. The summed E-state index contributed by atoms with van der Waals surface area (Å²) in [7, 11) is 2.05. The minimum Gasteiger partial charge on any atom is -0.317 e. The van der Waals surface area contributed by atoms with Crippen molar-refractivity contribution in [2.75, 3.05) is 12.8 Å². The van der Waals surface area contributed by atoms with Crippen LogP contribution in [0.1, 0.15) is 51.9 Å². The van der Waals surface area contributed by atoms with E-state index in [-0.39, 0.29) is 0 Å². The highest BCUT2D eigenvalue weighted by Gasteiger charge is 2.14. The normalized spacial score (nSPS) is 20.1. The topological polar surface area (TPSA) is 12.0 Å². The minimum absolute atomic E-state index is 0.700. The number of unbranched alkanes of at least 4 members (excludes halogenated alkanes) is 1. The van der Waals surface area contributed by atoms with Crippen molar-refractivity contribution in [3.8, 4) is 0 Å². The van der Waals surface area contributed by atoms with Gasteiger partial charge in [0.2, 0.25) is 0 Å². The van der Waals surface area contributed by atoms with Gasteiger partial charge in [-0.2, -0.15) is 11.8 Å². The van der Waals surface area contributed by atoms with Crippen LogP contribution in [0.3, 0.4) is 0 Å². The highest BCUT2D eigenvalue weighted by atomic mass is 32.2. The Morgan fingerprint density at radius 3 is 2.64 bits per heavy atom. The van der Waals surface area contributed by atoms with Crippen LogP contribution in [-0.4, -0.2) is 24.1 Å². The third-order valence-electron chi connectivity index (χ3n) is 3.18. The summed E-state index contributed by atoms with van der Waals surface area (Å²) in [5, 5.41) is 4.30. The van der Waals surface area contributed by atoms with E-state index in [1.165, 1.54) is 50.7 Å². The van der Waals surface area contributed by atoms with E-state index in [9.17, 15) is 0 Å². The van der Waals surface area contributed by atoms with Crippen LogP contribution < -0.4 is 5.32 Å². The Labute approximate surface area is 93.4 Å². The average Bonchev–Trinajstić information content (AvgIpc) is 2.69. The molecule has 14 heavy (non-hydrogen) atoms. The molecule has 1 atom stereocenters. The van der Waals surface area contributed by atoms with Gasteiger partial charge in [-0.3, -0.25) is 0 Å². The Bertz CT molecular complexity index is 132. The highest BCUT2D eigenvalue weighted by molar-refractivity contribution is 7.99. The predicted molar refractivity (Wildman–Crippen MR) is 67.1 cm³/mol. The van der Waals surface area contributed by atoms with Gasteiger partial charge in [-0.1, -0.05) is 19.3 Å². The van der Waals surface area contributed by atoms with Gasteiger partial charge in [0.25, 0.3) is 0 Å². The summed E-state index contributed by atoms with van der Waals surface area (Å²) in [6, 6.07) is 0.700. The molecular weight excluding hydrogens is 190 g/mol. The maximum Gasteiger partial charge on any atom is 0.00470 e. The molecule has 0 amide bonds. The summed E-state index contributed by atoms with van der Waals surface area (Å²) in [6.07, 6.45) is 10.1. The highest BCUT2D eigenvalue weighted by Crippen LogP contribution is 2.29. The van der Waals surface area contributed by atoms with E-state index in [0.717, 1.165) is 5.25 Å². The molecule has 0 aliphatic heterocycles. The molecule has 0 aromatic carbocycles. The lowest BCUT2D eigenvalue weighted by Gasteiger charge is -2.10. The first-order valence-electron chi connectivity index (χ1n) is 6.12. The van der Waals surface area contributed by atoms with Gasteiger partial charge in [0.05, 0.1) is 0 Å². The van der Waals surface area contributed by atoms with Crippen molar-refractivity contribution in [2.45, 2.75) is 63.2 Å². The fourth-order valence-electron chi connectivity index (χ4n) is 2.00. The van der Waals surface area contributed by atoms with Gasteiger partial charge < -0.3 is 5.32 Å². The lowest BCUT2D eigenvalue weighted by Crippen LogP contribution is -2.20. The van der Waals surface area contributed by atoms with E-state index in [4.69, 9.17) is 0 Å². The molecule has 0 aromatic heterocycles. The van der Waals surface area contributed by atoms with E-state index < -0.39 is 0 Å². The Kier molecular flexibility index (Phi) is 6.70. The second-order valence-electron chi connectivity index (χ2n) is 4.46. The van der Waals surface area contributed by atoms with E-state index in [0.29, 0.717) is 6.04 Å². The van der Waals surface area contributed by atoms with Gasteiger partial charge in [-0.25, -0.2) is 0 Å². The summed E-state index contributed by atoms with van der Waals surface area (Å²) in [4.78, 5) is 0. The summed E-state index contributed by atoms with van der Waals surface area (Å²) in [5.74, 6) is 1.39. The summed E-state index contributed by atoms with van der Waals surface area (Å²) >= 11 is 2.22. The van der Waals surface area contributed by atoms with Crippen molar-refractivity contribution in [3.63, 3.8) is 0 Å². The molecule has 1 fully saturated rings. The molecule has 1 aliphatic rings. The van der Waals surface area contributed by atoms with Crippen molar-refractivity contribution < 1.29 is 0 Å². The van der Waals surface area contributed by atoms with Crippen LogP contribution in [0.5, 0.6) is 0 Å². The molecular formula is C12H25NS. The fraction of sp³-hybridized carbons (Fsp3) is 1.00. The Hall–Kier alpha value is 0.310. The van der Waals surface area contributed by atoms with E-state index >= 15 is 0 Å². The van der Waals surface area contributed by atoms with Gasteiger partial charge in [0.1, 0.15) is 0 Å². The molecule has 1 aliphatic carbocycles. The maximum atomic E-state index is 3.29. The van der Waals surface area contributed by atoms with E-state index in [1.54, 1.807) is 0 Å². The van der Waals surface area contributed by atoms with Gasteiger partial charge in [-0.15, -0.1) is 0 Å². The maximum absolute atomic E-state index is 3.29. The monoisotopic (exact) mass is 215 g/mol. The predicted octanol–water partition coefficient (Wildman–Crippen LogP) is 3.44. The number of hydrogen-bond donors (Lipinski definition) is 1. The largest absolute Gasteiger partial charge is 0.317 e. The quantitative estimate of drug-likeness (QED) is 0.653. The molecule has 1 nitrogen and oxygen atoms in total. The zero-order valence-electron chi connectivity index (χ0n) is 9.72. The molecule has 0 heterocycles. The first-order chi connectivity index (χ1) is 6.83. The van der Waals surface area contributed by atoms with Crippen LogP contribution in [0.25, 0.3) is 0 Å². The van der Waals surface area contributed by atoms with Crippen LogP contribution in [0.4, 0.5) is 0 Å². The van der Waals surface area contributed by atoms with Crippen LogP contribution in [0, 0.1) is 0 Å². The molecule has 0 spiro atoms. The molecule has 0 bridgehead atoms. The number of nitrogens with one attached hydrogen (secondary N) is 1. The SMILES string of the molecule is CNC(C)CCCCSC1CCCC1. The number of thioether (sulfide) groups is 1. The molecule has 0 radical (unpaired) electrons. The molecule has 1 rings (SSSR count). The van der Waals surface area contributed by atoms with Gasteiger partial charge in [-0.05, 0) is 45.4 Å². The number of rotatable bonds is 7. The molecule has 84 valence electrons. The van der Waals surface area contributed by atoms with Crippen molar-refractivity contribution in [1.82, 2.24) is 5.32 Å². The lowest BCUT2D eigenvalue weighted by molar-refractivity contribution is 0.538. The van der Waals surface area contributed by atoms with Crippen molar-refractivity contribution in [2.24, 2.45) is 0 Å². The first-order valence-corrected chi connectivity index (χ1v) is 7.16. The third-order valence-corrected chi connectivity index (χ3v) is 4.65. The second-order valence-corrected chi connectivity index (χ2v) is 5.87. The van der Waals surface area contributed by atoms with E-state index in [1.807, 2.05) is 0 Å². The Morgan fingerprint density at radius 2 is 2.00 bits per heavy atom. The molecule has 2 heteroatoms. The van der Waals surface area contributed by atoms with Crippen LogP contribution in [0.15, 0.2) is 0 Å². The third kappa shape index (κ3) is 5.26. The van der Waals surface area contributed by atoms with Crippen molar-refractivity contribution in [3.05, 3.63) is 0 Å². The van der Waals surface area contributed by atoms with Crippen LogP contribution in [0.2, 0.25) is 0 Å². The Morgan fingerprint density at radius 1 is 1.29 bits per heavy atom. The summed E-state index contributed by atoms with van der Waals surface area (Å²) in [5.41, 5.74) is 0. The molecule has 0 aromatic rings. The standard InChI is InChI=1S/C12H25NS/c1-11(13-2)7-5-6-10-14-12-8-3-4-9-12/h11-13H,3-10H2,1-2H3. The van der Waals surface area contributed by atoms with Crippen LogP contribution in [-0.2, 0) is 0 Å². The summed E-state index contributed by atoms with van der Waals surface area (Å²) < 4.78 is 0. The average molecular weight is 215 g/mol. The Balaban J connectivity index is 1.84. The van der Waals surface area contributed by atoms with Crippen LogP contribution >= 0.6 is 11.8 Å². The fourth-order valence-corrected chi connectivity index (χ4v) is 3.37. The van der Waals surface area contributed by atoms with Crippen molar-refractivity contribution in [1.29, 1.82) is 0 Å². The zero-order chi connectivity index (χ0) is 10.2. The summed E-state index contributed by atoms with van der Waals surface area (Å²) in [6.45, 7) is 2.27. The smallest absolute Gasteiger partial charge is 0.00470 e. The number of hydrogen-bond acceptors (Lipinski definition) is 2. The second kappa shape index (κ2) is 7.58.